The molecular weight excluding hydrogens is 308 g/mol. The molecule has 1 aliphatic rings. The van der Waals surface area contributed by atoms with Crippen LogP contribution in [0.15, 0.2) is 12.4 Å². The van der Waals surface area contributed by atoms with Crippen molar-refractivity contribution in [2.75, 3.05) is 6.61 Å². The largest absolute Gasteiger partial charge is 0.460 e. The van der Waals surface area contributed by atoms with Gasteiger partial charge in [-0.15, -0.1) is 0 Å². The van der Waals surface area contributed by atoms with Crippen LogP contribution >= 0.6 is 0 Å². The summed E-state index contributed by atoms with van der Waals surface area (Å²) in [6, 6.07) is 0. The van der Waals surface area contributed by atoms with E-state index in [0.717, 1.165) is 19.3 Å². The van der Waals surface area contributed by atoms with Crippen molar-refractivity contribution in [1.29, 1.82) is 0 Å². The predicted molar refractivity (Wildman–Crippen MR) is 88.3 cm³/mol. The Morgan fingerprint density at radius 3 is 2.62 bits per heavy atom. The number of aryl methyl sites for hydroxylation is 1. The molecule has 132 valence electrons. The molecule has 2 rings (SSSR count). The number of nitrogens with zero attached hydrogens (tertiary/aromatic N) is 2. The molecule has 24 heavy (non-hydrogen) atoms. The lowest BCUT2D eigenvalue weighted by atomic mass is 9.75. The molecule has 0 saturated heterocycles. The SMILES string of the molecule is Cc1cnc(C(=O)OCC(=O)OC2CC(C)CCC2C(C)C)cn1. The number of esters is 2. The summed E-state index contributed by atoms with van der Waals surface area (Å²) in [4.78, 5) is 31.8. The van der Waals surface area contributed by atoms with Gasteiger partial charge in [-0.25, -0.2) is 14.6 Å². The van der Waals surface area contributed by atoms with Crippen molar-refractivity contribution < 1.29 is 19.1 Å². The van der Waals surface area contributed by atoms with Crippen LogP contribution in [0.4, 0.5) is 0 Å². The molecule has 6 heteroatoms. The molecule has 0 bridgehead atoms. The van der Waals surface area contributed by atoms with Crippen molar-refractivity contribution in [2.45, 2.75) is 53.1 Å². The minimum absolute atomic E-state index is 0.0831. The Balaban J connectivity index is 1.85. The van der Waals surface area contributed by atoms with E-state index in [4.69, 9.17) is 9.47 Å². The molecule has 0 aliphatic heterocycles. The molecule has 0 N–H and O–H groups in total. The Bertz CT molecular complexity index is 571. The first-order valence-electron chi connectivity index (χ1n) is 8.52. The second-order valence-electron chi connectivity index (χ2n) is 6.97. The molecule has 0 spiro atoms. The van der Waals surface area contributed by atoms with Gasteiger partial charge >= 0.3 is 11.9 Å². The van der Waals surface area contributed by atoms with Gasteiger partial charge in [0, 0.05) is 6.20 Å². The van der Waals surface area contributed by atoms with Crippen molar-refractivity contribution in [3.05, 3.63) is 23.8 Å². The molecule has 1 aromatic rings. The summed E-state index contributed by atoms with van der Waals surface area (Å²) in [7, 11) is 0. The van der Waals surface area contributed by atoms with Crippen LogP contribution in [0.25, 0.3) is 0 Å². The highest BCUT2D eigenvalue weighted by molar-refractivity contribution is 5.88. The molecule has 1 aliphatic carbocycles. The van der Waals surface area contributed by atoms with Crippen LogP contribution in [0.2, 0.25) is 0 Å². The van der Waals surface area contributed by atoms with Crippen molar-refractivity contribution in [2.24, 2.45) is 17.8 Å². The van der Waals surface area contributed by atoms with Crippen LogP contribution < -0.4 is 0 Å². The third kappa shape index (κ3) is 5.01. The molecule has 0 amide bonds. The first kappa shape index (κ1) is 18.4. The summed E-state index contributed by atoms with van der Waals surface area (Å²) in [5.41, 5.74) is 0.789. The van der Waals surface area contributed by atoms with Crippen molar-refractivity contribution in [3.63, 3.8) is 0 Å². The fourth-order valence-electron chi connectivity index (χ4n) is 3.15. The van der Waals surface area contributed by atoms with E-state index >= 15 is 0 Å². The van der Waals surface area contributed by atoms with Gasteiger partial charge in [-0.2, -0.15) is 0 Å². The van der Waals surface area contributed by atoms with Crippen molar-refractivity contribution in [3.8, 4) is 0 Å². The maximum absolute atomic E-state index is 12.0. The zero-order valence-corrected chi connectivity index (χ0v) is 14.8. The summed E-state index contributed by atoms with van der Waals surface area (Å²) in [6.45, 7) is 7.85. The summed E-state index contributed by atoms with van der Waals surface area (Å²) in [5.74, 6) is 0.192. The maximum Gasteiger partial charge on any atom is 0.359 e. The van der Waals surface area contributed by atoms with Crippen LogP contribution in [-0.4, -0.2) is 34.6 Å². The topological polar surface area (TPSA) is 78.4 Å². The van der Waals surface area contributed by atoms with E-state index in [1.54, 1.807) is 6.92 Å². The van der Waals surface area contributed by atoms with Crippen LogP contribution in [-0.2, 0) is 14.3 Å². The Morgan fingerprint density at radius 2 is 2.00 bits per heavy atom. The van der Waals surface area contributed by atoms with E-state index in [2.05, 4.69) is 30.7 Å². The molecule has 1 saturated carbocycles. The number of ether oxygens (including phenoxy) is 2. The van der Waals surface area contributed by atoms with E-state index in [1.165, 1.54) is 12.4 Å². The van der Waals surface area contributed by atoms with Crippen molar-refractivity contribution >= 4 is 11.9 Å². The zero-order chi connectivity index (χ0) is 17.7. The lowest BCUT2D eigenvalue weighted by Crippen LogP contribution is -2.36. The lowest BCUT2D eigenvalue weighted by Gasteiger charge is -2.36. The van der Waals surface area contributed by atoms with Gasteiger partial charge in [0.2, 0.25) is 0 Å². The minimum Gasteiger partial charge on any atom is -0.460 e. The smallest absolute Gasteiger partial charge is 0.359 e. The summed E-state index contributed by atoms with van der Waals surface area (Å²) in [5, 5.41) is 0. The molecule has 0 radical (unpaired) electrons. The van der Waals surface area contributed by atoms with Gasteiger partial charge in [-0.05, 0) is 37.5 Å². The highest BCUT2D eigenvalue weighted by Gasteiger charge is 2.33. The average Bonchev–Trinajstić information content (AvgIpc) is 2.53. The van der Waals surface area contributed by atoms with E-state index < -0.39 is 18.5 Å². The van der Waals surface area contributed by atoms with Gasteiger partial charge in [0.05, 0.1) is 11.9 Å². The first-order chi connectivity index (χ1) is 11.4. The van der Waals surface area contributed by atoms with Crippen LogP contribution in [0.5, 0.6) is 0 Å². The molecule has 1 heterocycles. The van der Waals surface area contributed by atoms with Crippen LogP contribution in [0, 0.1) is 24.7 Å². The molecule has 1 fully saturated rings. The number of rotatable bonds is 5. The van der Waals surface area contributed by atoms with E-state index in [-0.39, 0.29) is 11.8 Å². The first-order valence-corrected chi connectivity index (χ1v) is 8.52. The summed E-state index contributed by atoms with van der Waals surface area (Å²) in [6.07, 6.45) is 5.81. The highest BCUT2D eigenvalue weighted by Crippen LogP contribution is 2.35. The molecular formula is C18H26N2O4. The van der Waals surface area contributed by atoms with Crippen LogP contribution in [0.1, 0.15) is 56.2 Å². The number of carbonyl (C=O) groups is 2. The Labute approximate surface area is 143 Å². The van der Waals surface area contributed by atoms with Crippen LogP contribution in [0.3, 0.4) is 0 Å². The number of aromatic nitrogens is 2. The molecule has 3 unspecified atom stereocenters. The van der Waals surface area contributed by atoms with Gasteiger partial charge in [0.15, 0.2) is 12.3 Å². The third-order valence-corrected chi connectivity index (χ3v) is 4.56. The van der Waals surface area contributed by atoms with Gasteiger partial charge < -0.3 is 9.47 Å². The highest BCUT2D eigenvalue weighted by atomic mass is 16.6. The van der Waals surface area contributed by atoms with Gasteiger partial charge in [-0.1, -0.05) is 27.2 Å². The minimum atomic E-state index is -0.670. The standard InChI is InChI=1S/C18H26N2O4/c1-11(2)14-6-5-12(3)7-16(14)24-17(21)10-23-18(22)15-9-19-13(4)8-20-15/h8-9,11-12,14,16H,5-7,10H2,1-4H3. The van der Waals surface area contributed by atoms with Crippen molar-refractivity contribution in [1.82, 2.24) is 9.97 Å². The van der Waals surface area contributed by atoms with E-state index in [1.807, 2.05) is 0 Å². The Morgan fingerprint density at radius 1 is 1.25 bits per heavy atom. The summed E-state index contributed by atoms with van der Waals surface area (Å²) < 4.78 is 10.6. The number of carbonyl (C=O) groups excluding carboxylic acids is 2. The second kappa shape index (κ2) is 8.22. The van der Waals surface area contributed by atoms with Gasteiger partial charge in [-0.3, -0.25) is 4.98 Å². The number of hydrogen-bond acceptors (Lipinski definition) is 6. The molecule has 0 aromatic carbocycles. The fourth-order valence-corrected chi connectivity index (χ4v) is 3.15. The predicted octanol–water partition coefficient (Wildman–Crippen LogP) is 2.95. The summed E-state index contributed by atoms with van der Waals surface area (Å²) >= 11 is 0. The van der Waals surface area contributed by atoms with Gasteiger partial charge in [0.1, 0.15) is 6.10 Å². The quantitative estimate of drug-likeness (QED) is 0.770. The molecule has 3 atom stereocenters. The Kier molecular flexibility index (Phi) is 6.29. The lowest BCUT2D eigenvalue weighted by molar-refractivity contribution is -0.159. The second-order valence-corrected chi connectivity index (χ2v) is 6.97. The monoisotopic (exact) mass is 334 g/mol. The van der Waals surface area contributed by atoms with Gasteiger partial charge in [0.25, 0.3) is 0 Å². The third-order valence-electron chi connectivity index (χ3n) is 4.56. The van der Waals surface area contributed by atoms with E-state index in [0.29, 0.717) is 23.4 Å². The fraction of sp³-hybridized carbons (Fsp3) is 0.667. The molecule has 1 aromatic heterocycles. The number of hydrogen-bond donors (Lipinski definition) is 0. The normalized spacial score (nSPS) is 23.8. The maximum atomic E-state index is 12.0. The zero-order valence-electron chi connectivity index (χ0n) is 14.8. The molecule has 6 nitrogen and oxygen atoms in total. The Hall–Kier alpha value is -1.98. The average molecular weight is 334 g/mol. The van der Waals surface area contributed by atoms with E-state index in [9.17, 15) is 9.59 Å².